The number of hydrogen-bond acceptors (Lipinski definition) is 3. The maximum atomic E-state index is 12.3. The Bertz CT molecular complexity index is 689. The van der Waals surface area contributed by atoms with Gasteiger partial charge < -0.3 is 10.2 Å². The van der Waals surface area contributed by atoms with Crippen molar-refractivity contribution in [1.29, 1.82) is 0 Å². The summed E-state index contributed by atoms with van der Waals surface area (Å²) in [6.45, 7) is 7.94. The monoisotopic (exact) mass is 327 g/mol. The Kier molecular flexibility index (Phi) is 4.46. The first-order valence-corrected chi connectivity index (χ1v) is 8.35. The predicted molar refractivity (Wildman–Crippen MR) is 96.4 cm³/mol. The lowest BCUT2D eigenvalue weighted by Crippen LogP contribution is -2.40. The molecule has 2 amide bonds. The Hall–Kier alpha value is -2.50. The Morgan fingerprint density at radius 2 is 1.96 bits per heavy atom. The molecule has 128 valence electrons. The highest BCUT2D eigenvalue weighted by molar-refractivity contribution is 5.88. The van der Waals surface area contributed by atoms with Gasteiger partial charge in [-0.1, -0.05) is 18.2 Å². The SMILES string of the molecule is CC(C)(C)n1nccc1NC(=O)N[C@@H]1CCN(c2ccccc2)C1. The van der Waals surface area contributed by atoms with Crippen molar-refractivity contribution >= 4 is 17.5 Å². The molecule has 24 heavy (non-hydrogen) atoms. The minimum Gasteiger partial charge on any atom is -0.369 e. The summed E-state index contributed by atoms with van der Waals surface area (Å²) < 4.78 is 1.82. The zero-order valence-corrected chi connectivity index (χ0v) is 14.5. The number of nitrogens with zero attached hydrogens (tertiary/aromatic N) is 3. The lowest BCUT2D eigenvalue weighted by Gasteiger charge is -2.23. The third kappa shape index (κ3) is 3.69. The molecule has 0 saturated carbocycles. The number of para-hydroxylation sites is 1. The summed E-state index contributed by atoms with van der Waals surface area (Å²) in [6, 6.07) is 12.1. The van der Waals surface area contributed by atoms with Crippen LogP contribution in [0.2, 0.25) is 0 Å². The van der Waals surface area contributed by atoms with E-state index in [1.165, 1.54) is 5.69 Å². The van der Waals surface area contributed by atoms with E-state index in [-0.39, 0.29) is 17.6 Å². The van der Waals surface area contributed by atoms with E-state index in [0.29, 0.717) is 5.82 Å². The molecule has 0 radical (unpaired) electrons. The third-order valence-corrected chi connectivity index (χ3v) is 4.16. The highest BCUT2D eigenvalue weighted by Gasteiger charge is 2.25. The minimum absolute atomic E-state index is 0.149. The quantitative estimate of drug-likeness (QED) is 0.911. The molecule has 6 heteroatoms. The summed E-state index contributed by atoms with van der Waals surface area (Å²) in [5.41, 5.74) is 1.02. The molecule has 1 aromatic heterocycles. The minimum atomic E-state index is -0.180. The van der Waals surface area contributed by atoms with E-state index in [2.05, 4.69) is 53.5 Å². The molecule has 2 heterocycles. The molecule has 1 aromatic carbocycles. The average Bonchev–Trinajstić information content (AvgIpc) is 3.17. The van der Waals surface area contributed by atoms with Crippen LogP contribution in [0.3, 0.4) is 0 Å². The lowest BCUT2D eigenvalue weighted by molar-refractivity contribution is 0.248. The molecule has 3 rings (SSSR count). The fourth-order valence-electron chi connectivity index (χ4n) is 3.02. The molecule has 1 fully saturated rings. The summed E-state index contributed by atoms with van der Waals surface area (Å²) in [6.07, 6.45) is 2.65. The van der Waals surface area contributed by atoms with Crippen LogP contribution in [0.25, 0.3) is 0 Å². The molecule has 0 unspecified atom stereocenters. The number of rotatable bonds is 3. The van der Waals surface area contributed by atoms with Gasteiger partial charge in [-0.3, -0.25) is 5.32 Å². The Morgan fingerprint density at radius 3 is 2.67 bits per heavy atom. The highest BCUT2D eigenvalue weighted by atomic mass is 16.2. The Labute approximate surface area is 142 Å². The first kappa shape index (κ1) is 16.4. The topological polar surface area (TPSA) is 62.2 Å². The van der Waals surface area contributed by atoms with E-state index in [1.54, 1.807) is 6.20 Å². The molecule has 0 aliphatic carbocycles. The van der Waals surface area contributed by atoms with Crippen molar-refractivity contribution in [3.05, 3.63) is 42.6 Å². The van der Waals surface area contributed by atoms with Crippen LogP contribution < -0.4 is 15.5 Å². The Balaban J connectivity index is 1.56. The van der Waals surface area contributed by atoms with Crippen LogP contribution in [0.1, 0.15) is 27.2 Å². The molecule has 0 bridgehead atoms. The summed E-state index contributed by atoms with van der Waals surface area (Å²) in [7, 11) is 0. The fraction of sp³-hybridized carbons (Fsp3) is 0.444. The van der Waals surface area contributed by atoms with Gasteiger partial charge in [0.1, 0.15) is 5.82 Å². The largest absolute Gasteiger partial charge is 0.369 e. The van der Waals surface area contributed by atoms with Gasteiger partial charge in [-0.05, 0) is 39.3 Å². The second kappa shape index (κ2) is 6.55. The van der Waals surface area contributed by atoms with Crippen LogP contribution in [0.15, 0.2) is 42.6 Å². The summed E-state index contributed by atoms with van der Waals surface area (Å²) in [4.78, 5) is 14.6. The van der Waals surface area contributed by atoms with Crippen LogP contribution in [0.4, 0.5) is 16.3 Å². The van der Waals surface area contributed by atoms with Gasteiger partial charge in [0, 0.05) is 30.9 Å². The van der Waals surface area contributed by atoms with Crippen LogP contribution in [0.5, 0.6) is 0 Å². The number of carbonyl (C=O) groups excluding carboxylic acids is 1. The van der Waals surface area contributed by atoms with Crippen LogP contribution in [-0.2, 0) is 5.54 Å². The van der Waals surface area contributed by atoms with Crippen LogP contribution in [-0.4, -0.2) is 34.9 Å². The van der Waals surface area contributed by atoms with E-state index in [9.17, 15) is 4.79 Å². The fourth-order valence-corrected chi connectivity index (χ4v) is 3.02. The number of carbonyl (C=O) groups is 1. The smallest absolute Gasteiger partial charge is 0.320 e. The molecule has 1 aliphatic rings. The van der Waals surface area contributed by atoms with Gasteiger partial charge in [-0.2, -0.15) is 5.10 Å². The van der Waals surface area contributed by atoms with E-state index < -0.39 is 0 Å². The maximum Gasteiger partial charge on any atom is 0.320 e. The zero-order valence-electron chi connectivity index (χ0n) is 14.5. The number of aromatic nitrogens is 2. The van der Waals surface area contributed by atoms with Crippen molar-refractivity contribution < 1.29 is 4.79 Å². The molecule has 1 saturated heterocycles. The summed E-state index contributed by atoms with van der Waals surface area (Å²) in [5.74, 6) is 0.706. The first-order valence-electron chi connectivity index (χ1n) is 8.35. The molecule has 1 aliphatic heterocycles. The normalized spacial score (nSPS) is 17.8. The van der Waals surface area contributed by atoms with Crippen molar-refractivity contribution in [3.63, 3.8) is 0 Å². The number of anilines is 2. The molecular formula is C18H25N5O. The lowest BCUT2D eigenvalue weighted by atomic mass is 10.1. The van der Waals surface area contributed by atoms with Gasteiger partial charge in [-0.15, -0.1) is 0 Å². The molecule has 6 nitrogen and oxygen atoms in total. The standard InChI is InChI=1S/C18H25N5O/c1-18(2,3)23-16(9-11-19-23)21-17(24)20-14-10-12-22(13-14)15-7-5-4-6-8-15/h4-9,11,14H,10,12-13H2,1-3H3,(H2,20,21,24)/t14-/m1/s1. The predicted octanol–water partition coefficient (Wildman–Crippen LogP) is 3.04. The number of hydrogen-bond donors (Lipinski definition) is 2. The van der Waals surface area contributed by atoms with Crippen LogP contribution >= 0.6 is 0 Å². The van der Waals surface area contributed by atoms with Crippen molar-refractivity contribution in [2.24, 2.45) is 0 Å². The zero-order chi connectivity index (χ0) is 17.2. The van der Waals surface area contributed by atoms with E-state index in [4.69, 9.17) is 0 Å². The average molecular weight is 327 g/mol. The Morgan fingerprint density at radius 1 is 1.21 bits per heavy atom. The van der Waals surface area contributed by atoms with E-state index >= 15 is 0 Å². The number of nitrogens with one attached hydrogen (secondary N) is 2. The van der Waals surface area contributed by atoms with Crippen molar-refractivity contribution in [1.82, 2.24) is 15.1 Å². The first-order chi connectivity index (χ1) is 11.4. The molecule has 2 aromatic rings. The number of amides is 2. The summed E-state index contributed by atoms with van der Waals surface area (Å²) >= 11 is 0. The highest BCUT2D eigenvalue weighted by Crippen LogP contribution is 2.21. The molecular weight excluding hydrogens is 302 g/mol. The van der Waals surface area contributed by atoms with Gasteiger partial charge in [0.2, 0.25) is 0 Å². The second-order valence-electron chi connectivity index (χ2n) is 7.16. The van der Waals surface area contributed by atoms with E-state index in [0.717, 1.165) is 19.5 Å². The summed E-state index contributed by atoms with van der Waals surface area (Å²) in [5, 5.41) is 10.3. The van der Waals surface area contributed by atoms with Crippen molar-refractivity contribution in [2.45, 2.75) is 38.8 Å². The van der Waals surface area contributed by atoms with Crippen LogP contribution in [0, 0.1) is 0 Å². The van der Waals surface area contributed by atoms with Crippen molar-refractivity contribution in [3.8, 4) is 0 Å². The van der Waals surface area contributed by atoms with Gasteiger partial charge in [0.15, 0.2) is 0 Å². The molecule has 0 spiro atoms. The molecule has 1 atom stereocenters. The van der Waals surface area contributed by atoms with Gasteiger partial charge in [0.05, 0.1) is 11.7 Å². The number of benzene rings is 1. The van der Waals surface area contributed by atoms with E-state index in [1.807, 2.05) is 28.9 Å². The van der Waals surface area contributed by atoms with Gasteiger partial charge in [-0.25, -0.2) is 9.48 Å². The van der Waals surface area contributed by atoms with Gasteiger partial charge in [0.25, 0.3) is 0 Å². The second-order valence-corrected chi connectivity index (χ2v) is 7.16. The molecule has 2 N–H and O–H groups in total. The third-order valence-electron chi connectivity index (χ3n) is 4.16. The van der Waals surface area contributed by atoms with Crippen molar-refractivity contribution in [2.75, 3.05) is 23.3 Å². The van der Waals surface area contributed by atoms with Gasteiger partial charge >= 0.3 is 6.03 Å². The number of urea groups is 1. The maximum absolute atomic E-state index is 12.3.